The number of H-pyrrole nitrogens is 1. The number of aromatic amines is 1. The Kier molecular flexibility index (Phi) is 2.45. The number of nitrogen functional groups attached to an aromatic ring is 1. The number of oxazole rings is 1. The van der Waals surface area contributed by atoms with Crippen molar-refractivity contribution in [1.29, 1.82) is 0 Å². The van der Waals surface area contributed by atoms with E-state index >= 15 is 0 Å². The molecule has 3 aromatic rings. The Balaban J connectivity index is 2.03. The molecule has 0 aliphatic carbocycles. The summed E-state index contributed by atoms with van der Waals surface area (Å²) in [4.78, 5) is 26.9. The van der Waals surface area contributed by atoms with E-state index in [9.17, 15) is 9.59 Å². The predicted octanol–water partition coefficient (Wildman–Crippen LogP) is 0.308. The van der Waals surface area contributed by atoms with Gasteiger partial charge in [0.15, 0.2) is 5.58 Å². The molecule has 19 heavy (non-hydrogen) atoms. The Morgan fingerprint density at radius 1 is 1.26 bits per heavy atom. The lowest BCUT2D eigenvalue weighted by molar-refractivity contribution is 0.478. The summed E-state index contributed by atoms with van der Waals surface area (Å²) in [6.45, 7) is 0.0590. The lowest BCUT2D eigenvalue weighted by Gasteiger charge is -1.99. The molecule has 0 saturated heterocycles. The SMILES string of the molecule is Nc1ccc2nc(Cn3[nH]c(=O)ccc3=O)oc2c1. The van der Waals surface area contributed by atoms with Gasteiger partial charge < -0.3 is 10.2 Å². The fourth-order valence-electron chi connectivity index (χ4n) is 1.77. The predicted molar refractivity (Wildman–Crippen MR) is 68.8 cm³/mol. The second-order valence-corrected chi connectivity index (χ2v) is 4.07. The number of anilines is 1. The van der Waals surface area contributed by atoms with Crippen molar-refractivity contribution in [2.24, 2.45) is 0 Å². The number of benzene rings is 1. The quantitative estimate of drug-likeness (QED) is 0.643. The van der Waals surface area contributed by atoms with Crippen LogP contribution in [-0.2, 0) is 6.54 Å². The molecule has 7 heteroatoms. The van der Waals surface area contributed by atoms with Crippen LogP contribution in [0, 0.1) is 0 Å². The van der Waals surface area contributed by atoms with Crippen molar-refractivity contribution >= 4 is 16.8 Å². The van der Waals surface area contributed by atoms with E-state index in [1.165, 1.54) is 12.1 Å². The van der Waals surface area contributed by atoms with Crippen molar-refractivity contribution in [1.82, 2.24) is 14.8 Å². The summed E-state index contributed by atoms with van der Waals surface area (Å²) in [6, 6.07) is 7.47. The highest BCUT2D eigenvalue weighted by molar-refractivity contribution is 5.76. The van der Waals surface area contributed by atoms with Gasteiger partial charge in [0, 0.05) is 23.9 Å². The molecule has 2 heterocycles. The Bertz CT molecular complexity index is 859. The smallest absolute Gasteiger partial charge is 0.265 e. The third kappa shape index (κ3) is 2.13. The molecule has 0 amide bonds. The molecule has 0 saturated carbocycles. The van der Waals surface area contributed by atoms with E-state index in [1.54, 1.807) is 18.2 Å². The van der Waals surface area contributed by atoms with Crippen molar-refractivity contribution in [3.05, 3.63) is 56.9 Å². The Morgan fingerprint density at radius 3 is 2.95 bits per heavy atom. The maximum Gasteiger partial charge on any atom is 0.265 e. The largest absolute Gasteiger partial charge is 0.439 e. The van der Waals surface area contributed by atoms with Gasteiger partial charge in [0.2, 0.25) is 5.89 Å². The van der Waals surface area contributed by atoms with Crippen LogP contribution in [-0.4, -0.2) is 14.8 Å². The zero-order valence-electron chi connectivity index (χ0n) is 9.79. The second-order valence-electron chi connectivity index (χ2n) is 4.07. The van der Waals surface area contributed by atoms with Gasteiger partial charge in [-0.15, -0.1) is 0 Å². The van der Waals surface area contributed by atoms with Crippen LogP contribution in [0.5, 0.6) is 0 Å². The zero-order chi connectivity index (χ0) is 13.4. The van der Waals surface area contributed by atoms with Gasteiger partial charge in [-0.05, 0) is 12.1 Å². The van der Waals surface area contributed by atoms with Crippen molar-refractivity contribution < 1.29 is 4.42 Å². The third-order valence-corrected chi connectivity index (χ3v) is 2.64. The van der Waals surface area contributed by atoms with Gasteiger partial charge in [-0.25, -0.2) is 9.67 Å². The van der Waals surface area contributed by atoms with Crippen LogP contribution in [0.1, 0.15) is 5.89 Å². The number of nitrogens with two attached hydrogens (primary N) is 1. The zero-order valence-corrected chi connectivity index (χ0v) is 9.79. The van der Waals surface area contributed by atoms with E-state index in [2.05, 4.69) is 10.1 Å². The minimum absolute atomic E-state index is 0.0590. The molecule has 0 aliphatic heterocycles. The molecule has 3 N–H and O–H groups in total. The topological polar surface area (TPSA) is 107 Å². The molecular weight excluding hydrogens is 248 g/mol. The van der Waals surface area contributed by atoms with Crippen LogP contribution in [0.3, 0.4) is 0 Å². The molecule has 0 unspecified atom stereocenters. The first-order chi connectivity index (χ1) is 9.11. The Hall–Kier alpha value is -2.83. The number of rotatable bonds is 2. The first-order valence-corrected chi connectivity index (χ1v) is 5.57. The van der Waals surface area contributed by atoms with Crippen molar-refractivity contribution in [2.45, 2.75) is 6.54 Å². The summed E-state index contributed by atoms with van der Waals surface area (Å²) in [5.41, 5.74) is 6.71. The molecular formula is C12H10N4O3. The van der Waals surface area contributed by atoms with Gasteiger partial charge in [0.1, 0.15) is 12.1 Å². The highest BCUT2D eigenvalue weighted by Gasteiger charge is 2.07. The molecule has 0 radical (unpaired) electrons. The Labute approximate surface area is 106 Å². The first-order valence-electron chi connectivity index (χ1n) is 5.57. The van der Waals surface area contributed by atoms with Gasteiger partial charge in [-0.3, -0.25) is 14.7 Å². The summed E-state index contributed by atoms with van der Waals surface area (Å²) in [6.07, 6.45) is 0. The number of nitrogens with zero attached hydrogens (tertiary/aromatic N) is 2. The van der Waals surface area contributed by atoms with Crippen LogP contribution >= 0.6 is 0 Å². The molecule has 2 aromatic heterocycles. The van der Waals surface area contributed by atoms with Gasteiger partial charge in [-0.2, -0.15) is 0 Å². The maximum atomic E-state index is 11.5. The van der Waals surface area contributed by atoms with E-state index in [-0.39, 0.29) is 17.7 Å². The summed E-state index contributed by atoms with van der Waals surface area (Å²) >= 11 is 0. The standard InChI is InChI=1S/C12H10N4O3/c13-7-1-2-8-9(5-7)19-11(14-8)6-16-12(18)4-3-10(17)15-16/h1-5H,6,13H2,(H,15,17). The number of hydrogen-bond donors (Lipinski definition) is 2. The molecule has 0 fully saturated rings. The van der Waals surface area contributed by atoms with E-state index in [0.717, 1.165) is 4.68 Å². The monoisotopic (exact) mass is 258 g/mol. The first kappa shape index (κ1) is 11.3. The summed E-state index contributed by atoms with van der Waals surface area (Å²) < 4.78 is 6.61. The molecule has 7 nitrogen and oxygen atoms in total. The van der Waals surface area contributed by atoms with Crippen LogP contribution < -0.4 is 16.9 Å². The minimum Gasteiger partial charge on any atom is -0.439 e. The number of fused-ring (bicyclic) bond motifs is 1. The third-order valence-electron chi connectivity index (χ3n) is 2.64. The van der Waals surface area contributed by atoms with E-state index in [0.29, 0.717) is 22.7 Å². The van der Waals surface area contributed by atoms with Crippen molar-refractivity contribution in [2.75, 3.05) is 5.73 Å². The average Bonchev–Trinajstić information content (AvgIpc) is 2.75. The summed E-state index contributed by atoms with van der Waals surface area (Å²) in [5.74, 6) is 0.324. The van der Waals surface area contributed by atoms with Crippen molar-refractivity contribution in [3.63, 3.8) is 0 Å². The fourth-order valence-corrected chi connectivity index (χ4v) is 1.77. The number of aromatic nitrogens is 3. The molecule has 0 bridgehead atoms. The molecule has 96 valence electrons. The van der Waals surface area contributed by atoms with E-state index < -0.39 is 0 Å². The summed E-state index contributed by atoms with van der Waals surface area (Å²) in [5, 5.41) is 2.40. The van der Waals surface area contributed by atoms with Gasteiger partial charge in [-0.1, -0.05) is 0 Å². The fraction of sp³-hybridized carbons (Fsp3) is 0.0833. The van der Waals surface area contributed by atoms with Crippen LogP contribution in [0.15, 0.2) is 44.3 Å². The van der Waals surface area contributed by atoms with Crippen molar-refractivity contribution in [3.8, 4) is 0 Å². The molecule has 0 spiro atoms. The van der Waals surface area contributed by atoms with Gasteiger partial charge >= 0.3 is 0 Å². The van der Waals surface area contributed by atoms with E-state index in [1.807, 2.05) is 0 Å². The second kappa shape index (κ2) is 4.13. The lowest BCUT2D eigenvalue weighted by atomic mass is 10.3. The van der Waals surface area contributed by atoms with Gasteiger partial charge in [0.25, 0.3) is 11.1 Å². The lowest BCUT2D eigenvalue weighted by Crippen LogP contribution is -2.28. The molecule has 0 atom stereocenters. The highest BCUT2D eigenvalue weighted by Crippen LogP contribution is 2.18. The van der Waals surface area contributed by atoms with Crippen LogP contribution in [0.4, 0.5) is 5.69 Å². The van der Waals surface area contributed by atoms with Crippen LogP contribution in [0.2, 0.25) is 0 Å². The van der Waals surface area contributed by atoms with Gasteiger partial charge in [0.05, 0.1) is 0 Å². The number of nitrogens with one attached hydrogen (secondary N) is 1. The van der Waals surface area contributed by atoms with Crippen LogP contribution in [0.25, 0.3) is 11.1 Å². The molecule has 0 aliphatic rings. The van der Waals surface area contributed by atoms with E-state index in [4.69, 9.17) is 10.2 Å². The molecule has 1 aromatic carbocycles. The minimum atomic E-state index is -0.361. The average molecular weight is 258 g/mol. The molecule has 3 rings (SSSR count). The Morgan fingerprint density at radius 2 is 2.11 bits per heavy atom. The summed E-state index contributed by atoms with van der Waals surface area (Å²) in [7, 11) is 0. The normalized spacial score (nSPS) is 10.9. The number of hydrogen-bond acceptors (Lipinski definition) is 5. The highest BCUT2D eigenvalue weighted by atomic mass is 16.3. The maximum absolute atomic E-state index is 11.5.